The molecule has 4 nitrogen and oxygen atoms in total. The summed E-state index contributed by atoms with van der Waals surface area (Å²) in [5.74, 6) is -0.338. The van der Waals surface area contributed by atoms with Gasteiger partial charge in [-0.3, -0.25) is 4.79 Å². The zero-order valence-corrected chi connectivity index (χ0v) is 11.4. The first-order valence-electron chi connectivity index (χ1n) is 5.16. The van der Waals surface area contributed by atoms with E-state index in [0.29, 0.717) is 22.3 Å². The van der Waals surface area contributed by atoms with Crippen LogP contribution in [0.5, 0.6) is 0 Å². The lowest BCUT2D eigenvalue weighted by Gasteiger charge is -2.19. The molecule has 1 aromatic rings. The number of anilines is 1. The highest BCUT2D eigenvalue weighted by molar-refractivity contribution is 9.10. The maximum atomic E-state index is 12.1. The molecule has 0 spiro atoms. The molecule has 0 aliphatic carbocycles. The summed E-state index contributed by atoms with van der Waals surface area (Å²) < 4.78 is 0.599. The van der Waals surface area contributed by atoms with Crippen LogP contribution in [0.15, 0.2) is 22.7 Å². The number of nitrogens with zero attached hydrogens (tertiary/aromatic N) is 2. The molecule has 1 aromatic carbocycles. The summed E-state index contributed by atoms with van der Waals surface area (Å²) >= 11 is 3.29. The number of halogens is 1. The average molecular weight is 296 g/mol. The molecule has 0 heterocycles. The van der Waals surface area contributed by atoms with E-state index in [-0.39, 0.29) is 11.8 Å². The molecule has 0 aromatic heterocycles. The summed E-state index contributed by atoms with van der Waals surface area (Å²) in [6, 6.07) is 7.25. The van der Waals surface area contributed by atoms with Crippen LogP contribution in [0.4, 0.5) is 5.69 Å². The number of hydrogen-bond acceptors (Lipinski definition) is 3. The van der Waals surface area contributed by atoms with Gasteiger partial charge in [0.05, 0.1) is 22.0 Å². The molecule has 90 valence electrons. The lowest BCUT2D eigenvalue weighted by atomic mass is 10.1. The molecule has 1 rings (SSSR count). The Morgan fingerprint density at radius 3 is 2.88 bits per heavy atom. The van der Waals surface area contributed by atoms with Crippen LogP contribution in [-0.4, -0.2) is 24.4 Å². The predicted molar refractivity (Wildman–Crippen MR) is 70.3 cm³/mol. The molecule has 1 atom stereocenters. The quantitative estimate of drug-likeness (QED) is 0.870. The zero-order valence-electron chi connectivity index (χ0n) is 9.77. The lowest BCUT2D eigenvalue weighted by molar-refractivity contribution is 0.0784. The number of hydrogen-bond donors (Lipinski definition) is 1. The standard InChI is InChI=1S/C12H14BrN3O/c1-8(6-14)7-16(2)12(17)9-4-3-5-10(15)11(9)13/h3-5,8H,7,15H2,1-2H3. The van der Waals surface area contributed by atoms with Gasteiger partial charge in [0.2, 0.25) is 0 Å². The normalized spacial score (nSPS) is 11.6. The molecule has 0 bridgehead atoms. The van der Waals surface area contributed by atoms with Crippen LogP contribution in [0, 0.1) is 17.2 Å². The molecule has 0 aliphatic rings. The first-order chi connectivity index (χ1) is 7.97. The number of nitriles is 1. The van der Waals surface area contributed by atoms with Crippen molar-refractivity contribution in [3.05, 3.63) is 28.2 Å². The van der Waals surface area contributed by atoms with Crippen LogP contribution in [-0.2, 0) is 0 Å². The van der Waals surface area contributed by atoms with Crippen LogP contribution in [0.2, 0.25) is 0 Å². The van der Waals surface area contributed by atoms with Crippen molar-refractivity contribution in [1.29, 1.82) is 5.26 Å². The van der Waals surface area contributed by atoms with Crippen molar-refractivity contribution in [2.24, 2.45) is 5.92 Å². The highest BCUT2D eigenvalue weighted by atomic mass is 79.9. The highest BCUT2D eigenvalue weighted by Gasteiger charge is 2.17. The van der Waals surface area contributed by atoms with Crippen molar-refractivity contribution in [3.63, 3.8) is 0 Å². The largest absolute Gasteiger partial charge is 0.398 e. The second-order valence-corrected chi connectivity index (χ2v) is 4.72. The van der Waals surface area contributed by atoms with Crippen LogP contribution < -0.4 is 5.73 Å². The Labute approximate surface area is 109 Å². The van der Waals surface area contributed by atoms with Gasteiger partial charge in [-0.1, -0.05) is 6.07 Å². The van der Waals surface area contributed by atoms with Crippen molar-refractivity contribution in [2.75, 3.05) is 19.3 Å². The summed E-state index contributed by atoms with van der Waals surface area (Å²) in [7, 11) is 1.67. The van der Waals surface area contributed by atoms with Gasteiger partial charge < -0.3 is 10.6 Å². The Bertz CT molecular complexity index is 467. The van der Waals surface area contributed by atoms with E-state index in [2.05, 4.69) is 22.0 Å². The topological polar surface area (TPSA) is 70.1 Å². The zero-order chi connectivity index (χ0) is 13.0. The Hall–Kier alpha value is -1.54. The number of benzene rings is 1. The number of nitrogens with two attached hydrogens (primary N) is 1. The molecule has 0 aliphatic heterocycles. The minimum absolute atomic E-state index is 0.147. The van der Waals surface area contributed by atoms with Gasteiger partial charge in [0.25, 0.3) is 5.91 Å². The third-order valence-corrected chi connectivity index (χ3v) is 3.26. The summed E-state index contributed by atoms with van der Waals surface area (Å²) in [5, 5.41) is 8.72. The number of nitrogen functional groups attached to an aromatic ring is 1. The molecule has 0 saturated heterocycles. The predicted octanol–water partition coefficient (Wildman–Crippen LogP) is 2.26. The molecule has 2 N–H and O–H groups in total. The van der Waals surface area contributed by atoms with Crippen molar-refractivity contribution >= 4 is 27.5 Å². The first kappa shape index (κ1) is 13.5. The molecule has 0 saturated carbocycles. The van der Waals surface area contributed by atoms with E-state index >= 15 is 0 Å². The van der Waals surface area contributed by atoms with E-state index in [1.165, 1.54) is 4.90 Å². The second kappa shape index (κ2) is 5.69. The fourth-order valence-electron chi connectivity index (χ4n) is 1.46. The third kappa shape index (κ3) is 3.21. The summed E-state index contributed by atoms with van der Waals surface area (Å²) in [4.78, 5) is 13.6. The fourth-order valence-corrected chi connectivity index (χ4v) is 1.89. The van der Waals surface area contributed by atoms with Crippen molar-refractivity contribution < 1.29 is 4.79 Å². The van der Waals surface area contributed by atoms with E-state index in [1.807, 2.05) is 0 Å². The molecule has 0 radical (unpaired) electrons. The fraction of sp³-hybridized carbons (Fsp3) is 0.333. The van der Waals surface area contributed by atoms with E-state index in [9.17, 15) is 4.79 Å². The molecule has 1 amide bonds. The lowest BCUT2D eigenvalue weighted by Crippen LogP contribution is -2.31. The van der Waals surface area contributed by atoms with Crippen molar-refractivity contribution in [3.8, 4) is 6.07 Å². The minimum Gasteiger partial charge on any atom is -0.398 e. The summed E-state index contributed by atoms with van der Waals surface area (Å²) in [5.41, 5.74) is 6.75. The third-order valence-electron chi connectivity index (χ3n) is 2.37. The van der Waals surface area contributed by atoms with Gasteiger partial charge in [-0.05, 0) is 35.0 Å². The Balaban J connectivity index is 2.90. The molecule has 0 fully saturated rings. The average Bonchev–Trinajstić information content (AvgIpc) is 2.31. The number of rotatable bonds is 3. The van der Waals surface area contributed by atoms with E-state index in [0.717, 1.165) is 0 Å². The number of carbonyl (C=O) groups is 1. The van der Waals surface area contributed by atoms with Crippen molar-refractivity contribution in [2.45, 2.75) is 6.92 Å². The molecular weight excluding hydrogens is 282 g/mol. The molecular formula is C12H14BrN3O. The highest BCUT2D eigenvalue weighted by Crippen LogP contribution is 2.24. The number of carbonyl (C=O) groups excluding carboxylic acids is 1. The SMILES string of the molecule is CC(C#N)CN(C)C(=O)c1cccc(N)c1Br. The minimum atomic E-state index is -0.191. The van der Waals surface area contributed by atoms with E-state index in [1.54, 1.807) is 32.2 Å². The molecule has 1 unspecified atom stereocenters. The van der Waals surface area contributed by atoms with Gasteiger partial charge in [0.1, 0.15) is 0 Å². The maximum Gasteiger partial charge on any atom is 0.254 e. The summed E-state index contributed by atoms with van der Waals surface area (Å²) in [6.07, 6.45) is 0. The van der Waals surface area contributed by atoms with Gasteiger partial charge in [-0.15, -0.1) is 0 Å². The smallest absolute Gasteiger partial charge is 0.254 e. The van der Waals surface area contributed by atoms with Gasteiger partial charge >= 0.3 is 0 Å². The van der Waals surface area contributed by atoms with Gasteiger partial charge in [-0.2, -0.15) is 5.26 Å². The number of amides is 1. The van der Waals surface area contributed by atoms with Gasteiger partial charge in [0, 0.05) is 19.3 Å². The maximum absolute atomic E-state index is 12.1. The van der Waals surface area contributed by atoms with Crippen LogP contribution in [0.25, 0.3) is 0 Å². The van der Waals surface area contributed by atoms with Crippen LogP contribution >= 0.6 is 15.9 Å². The van der Waals surface area contributed by atoms with Gasteiger partial charge in [0.15, 0.2) is 0 Å². The Morgan fingerprint density at radius 1 is 1.65 bits per heavy atom. The molecule has 5 heteroatoms. The van der Waals surface area contributed by atoms with Crippen LogP contribution in [0.1, 0.15) is 17.3 Å². The Kier molecular flexibility index (Phi) is 4.53. The Morgan fingerprint density at radius 2 is 2.29 bits per heavy atom. The summed E-state index contributed by atoms with van der Waals surface area (Å²) in [6.45, 7) is 2.18. The van der Waals surface area contributed by atoms with E-state index in [4.69, 9.17) is 11.0 Å². The monoisotopic (exact) mass is 295 g/mol. The first-order valence-corrected chi connectivity index (χ1v) is 5.95. The second-order valence-electron chi connectivity index (χ2n) is 3.92. The van der Waals surface area contributed by atoms with Crippen LogP contribution in [0.3, 0.4) is 0 Å². The molecule has 17 heavy (non-hydrogen) atoms. The van der Waals surface area contributed by atoms with E-state index < -0.39 is 0 Å². The van der Waals surface area contributed by atoms with Crippen molar-refractivity contribution in [1.82, 2.24) is 4.90 Å². The van der Waals surface area contributed by atoms with Gasteiger partial charge in [-0.25, -0.2) is 0 Å².